The Morgan fingerprint density at radius 3 is 2.17 bits per heavy atom. The van der Waals surface area contributed by atoms with Gasteiger partial charge in [0.15, 0.2) is 0 Å². The van der Waals surface area contributed by atoms with E-state index in [1.54, 1.807) is 12.8 Å². The van der Waals surface area contributed by atoms with Crippen LogP contribution in [0.15, 0.2) is 0 Å². The zero-order valence-electron chi connectivity index (χ0n) is 8.72. The molecular formula is C12H22. The summed E-state index contributed by atoms with van der Waals surface area (Å²) in [6.07, 6.45) is 5.98. The molecule has 2 aliphatic carbocycles. The van der Waals surface area contributed by atoms with E-state index in [1.165, 1.54) is 12.8 Å². The molecule has 2 rings (SSSR count). The quantitative estimate of drug-likeness (QED) is 0.597. The molecule has 0 aliphatic heterocycles. The first-order valence-electron chi connectivity index (χ1n) is 5.77. The van der Waals surface area contributed by atoms with Gasteiger partial charge in [-0.2, -0.15) is 0 Å². The molecule has 0 aromatic rings. The molecule has 0 aromatic carbocycles. The maximum absolute atomic E-state index is 2.45. The normalized spacial score (nSPS) is 50.8. The Morgan fingerprint density at radius 2 is 1.75 bits per heavy atom. The van der Waals surface area contributed by atoms with Crippen LogP contribution in [0.2, 0.25) is 0 Å². The molecule has 0 heterocycles. The lowest BCUT2D eigenvalue weighted by molar-refractivity contribution is 0.543. The minimum absolute atomic E-state index is 1.06. The molecule has 0 nitrogen and oxygen atoms in total. The minimum Gasteiger partial charge on any atom is -0.0651 e. The molecule has 0 bridgehead atoms. The fourth-order valence-electron chi connectivity index (χ4n) is 3.15. The molecular weight excluding hydrogens is 144 g/mol. The topological polar surface area (TPSA) is 0 Å². The highest BCUT2D eigenvalue weighted by atomic mass is 14.5. The van der Waals surface area contributed by atoms with Crippen molar-refractivity contribution >= 4 is 0 Å². The second kappa shape index (κ2) is 3.05. The SMILES string of the molecule is CCC1CC1CC1C(C)C1CC. The lowest BCUT2D eigenvalue weighted by Gasteiger charge is -1.96. The summed E-state index contributed by atoms with van der Waals surface area (Å²) >= 11 is 0. The third-order valence-electron chi connectivity index (χ3n) is 4.40. The van der Waals surface area contributed by atoms with E-state index in [1.807, 2.05) is 0 Å². The van der Waals surface area contributed by atoms with E-state index in [4.69, 9.17) is 0 Å². The van der Waals surface area contributed by atoms with Crippen molar-refractivity contribution in [2.75, 3.05) is 0 Å². The molecule has 5 atom stereocenters. The predicted molar refractivity (Wildman–Crippen MR) is 52.9 cm³/mol. The van der Waals surface area contributed by atoms with Gasteiger partial charge in [-0.25, -0.2) is 0 Å². The Morgan fingerprint density at radius 1 is 1.00 bits per heavy atom. The molecule has 12 heavy (non-hydrogen) atoms. The van der Waals surface area contributed by atoms with Gasteiger partial charge in [-0.3, -0.25) is 0 Å². The summed E-state index contributed by atoms with van der Waals surface area (Å²) in [5, 5.41) is 0. The fraction of sp³-hybridized carbons (Fsp3) is 1.00. The number of hydrogen-bond acceptors (Lipinski definition) is 0. The van der Waals surface area contributed by atoms with Crippen LogP contribution in [0.4, 0.5) is 0 Å². The van der Waals surface area contributed by atoms with Gasteiger partial charge in [0.25, 0.3) is 0 Å². The summed E-state index contributed by atoms with van der Waals surface area (Å²) in [5.74, 6) is 5.54. The van der Waals surface area contributed by atoms with Crippen LogP contribution in [0, 0.1) is 29.6 Å². The molecule has 0 N–H and O–H groups in total. The second-order valence-electron chi connectivity index (χ2n) is 4.99. The van der Waals surface area contributed by atoms with Crippen molar-refractivity contribution in [2.45, 2.75) is 46.5 Å². The molecule has 5 unspecified atom stereocenters. The summed E-state index contributed by atoms with van der Waals surface area (Å²) in [5.41, 5.74) is 0. The zero-order valence-corrected chi connectivity index (χ0v) is 8.72. The van der Waals surface area contributed by atoms with Crippen LogP contribution in [0.3, 0.4) is 0 Å². The van der Waals surface area contributed by atoms with E-state index in [0.29, 0.717) is 0 Å². The maximum atomic E-state index is 2.45. The standard InChI is InChI=1S/C12H22/c1-4-9-6-10(9)7-12-8(3)11(12)5-2/h8-12H,4-7H2,1-3H3. The molecule has 70 valence electrons. The van der Waals surface area contributed by atoms with Crippen molar-refractivity contribution in [2.24, 2.45) is 29.6 Å². The van der Waals surface area contributed by atoms with Gasteiger partial charge in [0.05, 0.1) is 0 Å². The molecule has 2 saturated carbocycles. The predicted octanol–water partition coefficient (Wildman–Crippen LogP) is 3.71. The average molecular weight is 166 g/mol. The van der Waals surface area contributed by atoms with Crippen LogP contribution in [0.25, 0.3) is 0 Å². The maximum Gasteiger partial charge on any atom is -0.0352 e. The van der Waals surface area contributed by atoms with Crippen LogP contribution in [0.5, 0.6) is 0 Å². The van der Waals surface area contributed by atoms with Crippen LogP contribution in [-0.4, -0.2) is 0 Å². The summed E-state index contributed by atoms with van der Waals surface area (Å²) in [4.78, 5) is 0. The fourth-order valence-corrected chi connectivity index (χ4v) is 3.15. The molecule has 0 amide bonds. The zero-order chi connectivity index (χ0) is 8.72. The van der Waals surface area contributed by atoms with Gasteiger partial charge < -0.3 is 0 Å². The van der Waals surface area contributed by atoms with E-state index in [-0.39, 0.29) is 0 Å². The Hall–Kier alpha value is 0. The summed E-state index contributed by atoms with van der Waals surface area (Å²) in [6.45, 7) is 7.14. The third kappa shape index (κ3) is 1.41. The third-order valence-corrected chi connectivity index (χ3v) is 4.40. The Bertz CT molecular complexity index is 161. The van der Waals surface area contributed by atoms with Crippen molar-refractivity contribution in [3.63, 3.8) is 0 Å². The average Bonchev–Trinajstić information content (AvgIpc) is 2.94. The Labute approximate surface area is 76.7 Å². The molecule has 0 heteroatoms. The van der Waals surface area contributed by atoms with Gasteiger partial charge in [-0.1, -0.05) is 33.6 Å². The first-order valence-corrected chi connectivity index (χ1v) is 5.77. The highest BCUT2D eigenvalue weighted by Crippen LogP contribution is 2.57. The van der Waals surface area contributed by atoms with E-state index in [0.717, 1.165) is 29.6 Å². The van der Waals surface area contributed by atoms with Crippen LogP contribution in [-0.2, 0) is 0 Å². The van der Waals surface area contributed by atoms with E-state index < -0.39 is 0 Å². The van der Waals surface area contributed by atoms with E-state index in [2.05, 4.69) is 20.8 Å². The molecule has 0 saturated heterocycles. The van der Waals surface area contributed by atoms with Crippen molar-refractivity contribution < 1.29 is 0 Å². The first-order chi connectivity index (χ1) is 5.77. The van der Waals surface area contributed by atoms with Crippen LogP contribution >= 0.6 is 0 Å². The number of rotatable bonds is 4. The summed E-state index contributed by atoms with van der Waals surface area (Å²) in [6, 6.07) is 0. The van der Waals surface area contributed by atoms with Crippen molar-refractivity contribution in [1.82, 2.24) is 0 Å². The highest BCUT2D eigenvalue weighted by Gasteiger charge is 2.49. The van der Waals surface area contributed by atoms with Gasteiger partial charge in [-0.05, 0) is 42.4 Å². The van der Waals surface area contributed by atoms with Crippen molar-refractivity contribution in [3.8, 4) is 0 Å². The molecule has 0 aromatic heterocycles. The molecule has 0 radical (unpaired) electrons. The van der Waals surface area contributed by atoms with E-state index >= 15 is 0 Å². The van der Waals surface area contributed by atoms with Gasteiger partial charge in [0, 0.05) is 0 Å². The van der Waals surface area contributed by atoms with Gasteiger partial charge in [0.2, 0.25) is 0 Å². The van der Waals surface area contributed by atoms with E-state index in [9.17, 15) is 0 Å². The highest BCUT2D eigenvalue weighted by molar-refractivity contribution is 4.98. The van der Waals surface area contributed by atoms with Gasteiger partial charge in [-0.15, -0.1) is 0 Å². The lowest BCUT2D eigenvalue weighted by atomic mass is 10.1. The monoisotopic (exact) mass is 166 g/mol. The van der Waals surface area contributed by atoms with Crippen molar-refractivity contribution in [3.05, 3.63) is 0 Å². The first kappa shape index (κ1) is 8.59. The lowest BCUT2D eigenvalue weighted by Crippen LogP contribution is -1.86. The smallest absolute Gasteiger partial charge is 0.0352 e. The summed E-state index contributed by atoms with van der Waals surface area (Å²) < 4.78 is 0. The van der Waals surface area contributed by atoms with Crippen LogP contribution < -0.4 is 0 Å². The molecule has 2 aliphatic rings. The van der Waals surface area contributed by atoms with Crippen molar-refractivity contribution in [1.29, 1.82) is 0 Å². The van der Waals surface area contributed by atoms with Gasteiger partial charge >= 0.3 is 0 Å². The second-order valence-corrected chi connectivity index (χ2v) is 4.99. The van der Waals surface area contributed by atoms with Gasteiger partial charge in [0.1, 0.15) is 0 Å². The summed E-state index contributed by atoms with van der Waals surface area (Å²) in [7, 11) is 0. The Balaban J connectivity index is 1.70. The minimum atomic E-state index is 1.06. The number of hydrogen-bond donors (Lipinski definition) is 0. The molecule has 2 fully saturated rings. The Kier molecular flexibility index (Phi) is 2.18. The molecule has 0 spiro atoms. The van der Waals surface area contributed by atoms with Crippen LogP contribution in [0.1, 0.15) is 46.5 Å². The largest absolute Gasteiger partial charge is 0.0651 e.